The van der Waals surface area contributed by atoms with Crippen molar-refractivity contribution in [2.45, 2.75) is 26.7 Å². The van der Waals surface area contributed by atoms with E-state index >= 15 is 0 Å². The number of rotatable bonds is 6. The van der Waals surface area contributed by atoms with Crippen LogP contribution in [0, 0.1) is 0 Å². The van der Waals surface area contributed by atoms with Crippen LogP contribution >= 0.6 is 0 Å². The van der Waals surface area contributed by atoms with E-state index in [9.17, 15) is 4.79 Å². The molecule has 1 aromatic heterocycles. The van der Waals surface area contributed by atoms with E-state index in [4.69, 9.17) is 0 Å². The molecule has 0 aliphatic heterocycles. The Kier molecular flexibility index (Phi) is 4.93. The highest BCUT2D eigenvalue weighted by Crippen LogP contribution is 2.12. The minimum Gasteiger partial charge on any atom is -0.339 e. The van der Waals surface area contributed by atoms with Crippen LogP contribution in [-0.4, -0.2) is 33.4 Å². The van der Waals surface area contributed by atoms with Crippen LogP contribution in [0.5, 0.6) is 0 Å². The number of benzene rings is 1. The maximum Gasteiger partial charge on any atom is 0.253 e. The second-order valence-electron chi connectivity index (χ2n) is 4.81. The molecule has 0 saturated heterocycles. The average Bonchev–Trinajstić information content (AvgIpc) is 3.01. The summed E-state index contributed by atoms with van der Waals surface area (Å²) in [5, 5.41) is 0. The fraction of sp³-hybridized carbons (Fsp3) is 0.375. The van der Waals surface area contributed by atoms with E-state index in [2.05, 4.69) is 18.8 Å². The lowest BCUT2D eigenvalue weighted by molar-refractivity contribution is 0.0755. The second kappa shape index (κ2) is 6.89. The van der Waals surface area contributed by atoms with Gasteiger partial charge in [-0.3, -0.25) is 4.79 Å². The molecule has 0 spiro atoms. The predicted molar refractivity (Wildman–Crippen MR) is 80.0 cm³/mol. The van der Waals surface area contributed by atoms with E-state index in [1.165, 1.54) is 0 Å². The fourth-order valence-electron chi connectivity index (χ4n) is 2.23. The minimum atomic E-state index is 0.117. The molecule has 0 N–H and O–H groups in total. The van der Waals surface area contributed by atoms with Gasteiger partial charge >= 0.3 is 0 Å². The third kappa shape index (κ3) is 3.26. The van der Waals surface area contributed by atoms with Gasteiger partial charge in [-0.15, -0.1) is 0 Å². The molecule has 0 aliphatic carbocycles. The summed E-state index contributed by atoms with van der Waals surface area (Å²) in [7, 11) is 0. The SMILES string of the molecule is CCCN(CCC)C(=O)c1ccc(-n2ccnc2)cc1. The van der Waals surface area contributed by atoms with E-state index in [1.54, 1.807) is 12.5 Å². The van der Waals surface area contributed by atoms with Crippen LogP contribution in [0.15, 0.2) is 43.0 Å². The summed E-state index contributed by atoms with van der Waals surface area (Å²) >= 11 is 0. The van der Waals surface area contributed by atoms with Gasteiger partial charge < -0.3 is 9.47 Å². The number of imidazole rings is 1. The summed E-state index contributed by atoms with van der Waals surface area (Å²) in [5.74, 6) is 0.117. The first kappa shape index (κ1) is 14.3. The van der Waals surface area contributed by atoms with E-state index in [1.807, 2.05) is 39.9 Å². The number of carbonyl (C=O) groups is 1. The lowest BCUT2D eigenvalue weighted by atomic mass is 10.1. The van der Waals surface area contributed by atoms with Crippen molar-refractivity contribution in [3.8, 4) is 5.69 Å². The van der Waals surface area contributed by atoms with Crippen LogP contribution in [0.25, 0.3) is 5.69 Å². The van der Waals surface area contributed by atoms with Gasteiger partial charge in [-0.05, 0) is 37.1 Å². The summed E-state index contributed by atoms with van der Waals surface area (Å²) in [4.78, 5) is 18.4. The number of carbonyl (C=O) groups excluding carboxylic acids is 1. The first-order valence-corrected chi connectivity index (χ1v) is 7.14. The predicted octanol–water partition coefficient (Wildman–Crippen LogP) is 3.13. The van der Waals surface area contributed by atoms with Gasteiger partial charge in [-0.1, -0.05) is 13.8 Å². The first-order valence-electron chi connectivity index (χ1n) is 7.14. The summed E-state index contributed by atoms with van der Waals surface area (Å²) < 4.78 is 1.92. The second-order valence-corrected chi connectivity index (χ2v) is 4.81. The highest BCUT2D eigenvalue weighted by Gasteiger charge is 2.13. The van der Waals surface area contributed by atoms with E-state index in [0.29, 0.717) is 0 Å². The quantitative estimate of drug-likeness (QED) is 0.809. The number of hydrogen-bond acceptors (Lipinski definition) is 2. The molecule has 0 atom stereocenters. The maximum absolute atomic E-state index is 12.4. The third-order valence-electron chi connectivity index (χ3n) is 3.19. The van der Waals surface area contributed by atoms with Crippen LogP contribution in [0.3, 0.4) is 0 Å². The molecule has 0 fully saturated rings. The zero-order chi connectivity index (χ0) is 14.4. The van der Waals surface area contributed by atoms with Crippen LogP contribution in [0.4, 0.5) is 0 Å². The van der Waals surface area contributed by atoms with Crippen molar-refractivity contribution in [2.24, 2.45) is 0 Å². The topological polar surface area (TPSA) is 38.1 Å². The lowest BCUT2D eigenvalue weighted by Crippen LogP contribution is -2.32. The van der Waals surface area contributed by atoms with Crippen molar-refractivity contribution in [1.29, 1.82) is 0 Å². The van der Waals surface area contributed by atoms with Gasteiger partial charge in [0.1, 0.15) is 0 Å². The van der Waals surface area contributed by atoms with E-state index < -0.39 is 0 Å². The zero-order valence-corrected chi connectivity index (χ0v) is 12.1. The van der Waals surface area contributed by atoms with Crippen molar-refractivity contribution in [2.75, 3.05) is 13.1 Å². The van der Waals surface area contributed by atoms with Crippen LogP contribution in [0.2, 0.25) is 0 Å². The van der Waals surface area contributed by atoms with Crippen LogP contribution in [0.1, 0.15) is 37.0 Å². The molecular weight excluding hydrogens is 250 g/mol. The standard InChI is InChI=1S/C16H21N3O/c1-3-10-18(11-4-2)16(20)14-5-7-15(8-6-14)19-12-9-17-13-19/h5-9,12-13H,3-4,10-11H2,1-2H3. The Hall–Kier alpha value is -2.10. The Bertz CT molecular complexity index is 525. The summed E-state index contributed by atoms with van der Waals surface area (Å²) in [6.45, 7) is 5.82. The smallest absolute Gasteiger partial charge is 0.253 e. The molecule has 2 aromatic rings. The van der Waals surface area contributed by atoms with Crippen LogP contribution in [-0.2, 0) is 0 Å². The molecule has 1 aromatic carbocycles. The Morgan fingerprint density at radius 2 is 1.80 bits per heavy atom. The molecule has 0 unspecified atom stereocenters. The number of amides is 1. The van der Waals surface area contributed by atoms with Gasteiger partial charge in [-0.25, -0.2) is 4.98 Å². The molecule has 4 heteroatoms. The monoisotopic (exact) mass is 271 g/mol. The van der Waals surface area contributed by atoms with Gasteiger partial charge in [0, 0.05) is 36.7 Å². The molecule has 0 radical (unpaired) electrons. The van der Waals surface area contributed by atoms with Crippen molar-refractivity contribution in [3.63, 3.8) is 0 Å². The Labute approximate surface area is 120 Å². The number of aromatic nitrogens is 2. The largest absolute Gasteiger partial charge is 0.339 e. The fourth-order valence-corrected chi connectivity index (χ4v) is 2.23. The molecule has 0 saturated carbocycles. The first-order chi connectivity index (χ1) is 9.76. The number of nitrogens with zero attached hydrogens (tertiary/aromatic N) is 3. The van der Waals surface area contributed by atoms with Crippen molar-refractivity contribution >= 4 is 5.91 Å². The molecule has 4 nitrogen and oxygen atoms in total. The van der Waals surface area contributed by atoms with Gasteiger partial charge in [0.05, 0.1) is 6.33 Å². The maximum atomic E-state index is 12.4. The molecular formula is C16H21N3O. The normalized spacial score (nSPS) is 10.5. The molecule has 2 rings (SSSR count). The molecule has 20 heavy (non-hydrogen) atoms. The van der Waals surface area contributed by atoms with E-state index in [-0.39, 0.29) is 5.91 Å². The van der Waals surface area contributed by atoms with Crippen molar-refractivity contribution in [1.82, 2.24) is 14.5 Å². The van der Waals surface area contributed by atoms with Gasteiger partial charge in [-0.2, -0.15) is 0 Å². The number of hydrogen-bond donors (Lipinski definition) is 0. The van der Waals surface area contributed by atoms with Gasteiger partial charge in [0.25, 0.3) is 5.91 Å². The van der Waals surface area contributed by atoms with E-state index in [0.717, 1.165) is 37.2 Å². The molecule has 1 heterocycles. The third-order valence-corrected chi connectivity index (χ3v) is 3.19. The summed E-state index contributed by atoms with van der Waals surface area (Å²) in [6, 6.07) is 7.67. The lowest BCUT2D eigenvalue weighted by Gasteiger charge is -2.21. The highest BCUT2D eigenvalue weighted by atomic mass is 16.2. The molecule has 106 valence electrons. The van der Waals surface area contributed by atoms with Gasteiger partial charge in [0.2, 0.25) is 0 Å². The zero-order valence-electron chi connectivity index (χ0n) is 12.1. The summed E-state index contributed by atoms with van der Waals surface area (Å²) in [5.41, 5.74) is 1.76. The Morgan fingerprint density at radius 1 is 1.15 bits per heavy atom. The van der Waals surface area contributed by atoms with Crippen molar-refractivity contribution in [3.05, 3.63) is 48.5 Å². The minimum absolute atomic E-state index is 0.117. The molecule has 0 bridgehead atoms. The Balaban J connectivity index is 2.14. The average molecular weight is 271 g/mol. The van der Waals surface area contributed by atoms with Crippen LogP contribution < -0.4 is 0 Å². The van der Waals surface area contributed by atoms with Gasteiger partial charge in [0.15, 0.2) is 0 Å². The van der Waals surface area contributed by atoms with Crippen molar-refractivity contribution < 1.29 is 4.79 Å². The molecule has 0 aliphatic rings. The molecule has 1 amide bonds. The Morgan fingerprint density at radius 3 is 2.30 bits per heavy atom. The summed E-state index contributed by atoms with van der Waals surface area (Å²) in [6.07, 6.45) is 7.34. The highest BCUT2D eigenvalue weighted by molar-refractivity contribution is 5.94.